The van der Waals surface area contributed by atoms with Crippen LogP contribution in [0.15, 0.2) is 0 Å². The van der Waals surface area contributed by atoms with E-state index in [9.17, 15) is 4.79 Å². The van der Waals surface area contributed by atoms with Gasteiger partial charge in [-0.3, -0.25) is 4.79 Å². The van der Waals surface area contributed by atoms with Crippen molar-refractivity contribution in [2.45, 2.75) is 52.5 Å². The molecule has 4 nitrogen and oxygen atoms in total. The van der Waals surface area contributed by atoms with E-state index in [1.54, 1.807) is 7.05 Å². The maximum atomic E-state index is 11.4. The van der Waals surface area contributed by atoms with E-state index in [-0.39, 0.29) is 5.91 Å². The average molecular weight is 257 g/mol. The highest BCUT2D eigenvalue weighted by Gasteiger charge is 2.28. The van der Waals surface area contributed by atoms with Crippen LogP contribution in [0.1, 0.15) is 47.0 Å². The second kappa shape index (κ2) is 8.48. The molecule has 0 aromatic heterocycles. The predicted octanol–water partition coefficient (Wildman–Crippen LogP) is 1.60. The number of carbonyl (C=O) groups is 1. The van der Waals surface area contributed by atoms with Gasteiger partial charge >= 0.3 is 0 Å². The SMILES string of the molecule is CCC(C)CN(CC)CCCC(C)(NC)C(N)=O. The summed E-state index contributed by atoms with van der Waals surface area (Å²) < 4.78 is 0. The lowest BCUT2D eigenvalue weighted by Gasteiger charge is -2.28. The third-order valence-corrected chi connectivity index (χ3v) is 3.96. The fourth-order valence-electron chi connectivity index (χ4n) is 1.98. The van der Waals surface area contributed by atoms with Gasteiger partial charge in [-0.05, 0) is 45.8 Å². The van der Waals surface area contributed by atoms with Crippen molar-refractivity contribution in [2.75, 3.05) is 26.7 Å². The zero-order chi connectivity index (χ0) is 14.2. The monoisotopic (exact) mass is 257 g/mol. The molecule has 0 aromatic carbocycles. The van der Waals surface area contributed by atoms with Gasteiger partial charge in [0.25, 0.3) is 0 Å². The van der Waals surface area contributed by atoms with Crippen LogP contribution in [0.4, 0.5) is 0 Å². The van der Waals surface area contributed by atoms with E-state index in [1.165, 1.54) is 6.42 Å². The number of hydrogen-bond acceptors (Lipinski definition) is 3. The minimum Gasteiger partial charge on any atom is -0.368 e. The molecule has 0 aromatic rings. The highest BCUT2D eigenvalue weighted by atomic mass is 16.1. The third kappa shape index (κ3) is 5.83. The van der Waals surface area contributed by atoms with Crippen molar-refractivity contribution in [2.24, 2.45) is 11.7 Å². The number of primary amides is 1. The van der Waals surface area contributed by atoms with Gasteiger partial charge in [-0.1, -0.05) is 27.2 Å². The molecule has 1 amide bonds. The summed E-state index contributed by atoms with van der Waals surface area (Å²) in [6, 6.07) is 0. The molecule has 3 N–H and O–H groups in total. The van der Waals surface area contributed by atoms with Gasteiger partial charge in [0.1, 0.15) is 0 Å². The summed E-state index contributed by atoms with van der Waals surface area (Å²) in [5, 5.41) is 3.03. The molecule has 0 fully saturated rings. The summed E-state index contributed by atoms with van der Waals surface area (Å²) in [6.45, 7) is 11.8. The van der Waals surface area contributed by atoms with E-state index in [0.717, 1.165) is 38.4 Å². The summed E-state index contributed by atoms with van der Waals surface area (Å²) >= 11 is 0. The van der Waals surface area contributed by atoms with Crippen molar-refractivity contribution >= 4 is 5.91 Å². The van der Waals surface area contributed by atoms with Crippen molar-refractivity contribution in [1.29, 1.82) is 0 Å². The summed E-state index contributed by atoms with van der Waals surface area (Å²) in [5.74, 6) is 0.465. The summed E-state index contributed by atoms with van der Waals surface area (Å²) in [4.78, 5) is 13.8. The van der Waals surface area contributed by atoms with Crippen LogP contribution in [0.2, 0.25) is 0 Å². The van der Waals surface area contributed by atoms with Crippen LogP contribution in [-0.2, 0) is 4.79 Å². The Hall–Kier alpha value is -0.610. The van der Waals surface area contributed by atoms with Crippen LogP contribution in [0.3, 0.4) is 0 Å². The molecular weight excluding hydrogens is 226 g/mol. The average Bonchev–Trinajstić information content (AvgIpc) is 2.36. The molecule has 18 heavy (non-hydrogen) atoms. The van der Waals surface area contributed by atoms with E-state index in [2.05, 4.69) is 31.0 Å². The van der Waals surface area contributed by atoms with Crippen molar-refractivity contribution < 1.29 is 4.79 Å². The van der Waals surface area contributed by atoms with E-state index in [4.69, 9.17) is 5.73 Å². The Morgan fingerprint density at radius 3 is 2.44 bits per heavy atom. The molecular formula is C14H31N3O. The van der Waals surface area contributed by atoms with Gasteiger partial charge in [0.15, 0.2) is 0 Å². The number of hydrogen-bond donors (Lipinski definition) is 2. The maximum Gasteiger partial charge on any atom is 0.237 e. The molecule has 0 saturated heterocycles. The van der Waals surface area contributed by atoms with Gasteiger partial charge < -0.3 is 16.0 Å². The van der Waals surface area contributed by atoms with Gasteiger partial charge in [0, 0.05) is 6.54 Å². The lowest BCUT2D eigenvalue weighted by Crippen LogP contribution is -2.51. The lowest BCUT2D eigenvalue weighted by atomic mass is 9.95. The van der Waals surface area contributed by atoms with Crippen molar-refractivity contribution in [3.05, 3.63) is 0 Å². The number of rotatable bonds is 10. The van der Waals surface area contributed by atoms with Crippen molar-refractivity contribution in [3.63, 3.8) is 0 Å². The fourth-order valence-corrected chi connectivity index (χ4v) is 1.98. The standard InChI is InChI=1S/C14H31N3O/c1-6-12(3)11-17(7-2)10-8-9-14(4,16-5)13(15)18/h12,16H,6-11H2,1-5H3,(H2,15,18). The molecule has 2 atom stereocenters. The number of amides is 1. The van der Waals surface area contributed by atoms with Crippen molar-refractivity contribution in [1.82, 2.24) is 10.2 Å². The van der Waals surface area contributed by atoms with Crippen LogP contribution >= 0.6 is 0 Å². The van der Waals surface area contributed by atoms with Gasteiger partial charge in [-0.25, -0.2) is 0 Å². The molecule has 0 heterocycles. The Morgan fingerprint density at radius 1 is 1.44 bits per heavy atom. The molecule has 0 aliphatic rings. The quantitative estimate of drug-likeness (QED) is 0.625. The van der Waals surface area contributed by atoms with E-state index >= 15 is 0 Å². The first-order valence-corrected chi connectivity index (χ1v) is 7.10. The Bertz CT molecular complexity index is 245. The summed E-state index contributed by atoms with van der Waals surface area (Å²) in [6.07, 6.45) is 2.99. The third-order valence-electron chi connectivity index (χ3n) is 3.96. The van der Waals surface area contributed by atoms with Gasteiger partial charge in [0.05, 0.1) is 5.54 Å². The van der Waals surface area contributed by atoms with Gasteiger partial charge in [0.2, 0.25) is 5.91 Å². The molecule has 0 bridgehead atoms. The van der Waals surface area contributed by atoms with E-state index in [0.29, 0.717) is 0 Å². The van der Waals surface area contributed by atoms with Crippen LogP contribution in [0.5, 0.6) is 0 Å². The molecule has 2 unspecified atom stereocenters. The van der Waals surface area contributed by atoms with Crippen molar-refractivity contribution in [3.8, 4) is 0 Å². The smallest absolute Gasteiger partial charge is 0.237 e. The topological polar surface area (TPSA) is 58.4 Å². The second-order valence-electron chi connectivity index (χ2n) is 5.46. The van der Waals surface area contributed by atoms with Crippen LogP contribution in [0.25, 0.3) is 0 Å². The lowest BCUT2D eigenvalue weighted by molar-refractivity contribution is -0.123. The number of carbonyl (C=O) groups excluding carboxylic acids is 1. The molecule has 0 aliphatic carbocycles. The molecule has 4 heteroatoms. The Kier molecular flexibility index (Phi) is 8.20. The van der Waals surface area contributed by atoms with Crippen LogP contribution in [-0.4, -0.2) is 43.0 Å². The highest BCUT2D eigenvalue weighted by molar-refractivity contribution is 5.84. The Balaban J connectivity index is 4.10. The number of nitrogens with two attached hydrogens (primary N) is 1. The maximum absolute atomic E-state index is 11.4. The minimum atomic E-state index is -0.574. The first-order chi connectivity index (χ1) is 8.39. The van der Waals surface area contributed by atoms with Crippen LogP contribution in [0, 0.1) is 5.92 Å². The Morgan fingerprint density at radius 2 is 2.06 bits per heavy atom. The van der Waals surface area contributed by atoms with E-state index in [1.807, 2.05) is 6.92 Å². The van der Waals surface area contributed by atoms with Crippen LogP contribution < -0.4 is 11.1 Å². The predicted molar refractivity (Wildman–Crippen MR) is 77.5 cm³/mol. The van der Waals surface area contributed by atoms with Gasteiger partial charge in [-0.15, -0.1) is 0 Å². The number of nitrogens with one attached hydrogen (secondary N) is 1. The summed E-state index contributed by atoms with van der Waals surface area (Å²) in [5.41, 5.74) is 4.84. The first kappa shape index (κ1) is 17.4. The first-order valence-electron chi connectivity index (χ1n) is 7.10. The normalized spacial score (nSPS) is 16.6. The Labute approximate surface area is 112 Å². The number of nitrogens with zero attached hydrogens (tertiary/aromatic N) is 1. The number of likely N-dealkylation sites (N-methyl/N-ethyl adjacent to an activating group) is 1. The largest absolute Gasteiger partial charge is 0.368 e. The zero-order valence-corrected chi connectivity index (χ0v) is 12.8. The zero-order valence-electron chi connectivity index (χ0n) is 12.8. The molecule has 0 radical (unpaired) electrons. The fraction of sp³-hybridized carbons (Fsp3) is 0.929. The molecule has 0 spiro atoms. The minimum absolute atomic E-state index is 0.269. The van der Waals surface area contributed by atoms with Gasteiger partial charge in [-0.2, -0.15) is 0 Å². The van der Waals surface area contributed by atoms with E-state index < -0.39 is 5.54 Å². The molecule has 108 valence electrons. The summed E-state index contributed by atoms with van der Waals surface area (Å²) in [7, 11) is 1.79. The highest BCUT2D eigenvalue weighted by Crippen LogP contribution is 2.12. The second-order valence-corrected chi connectivity index (χ2v) is 5.46. The molecule has 0 rings (SSSR count). The molecule has 0 aliphatic heterocycles. The molecule has 0 saturated carbocycles.